The molecule has 0 bridgehead atoms. The van der Waals surface area contributed by atoms with Gasteiger partial charge in [0.25, 0.3) is 0 Å². The number of amides is 1. The zero-order chi connectivity index (χ0) is 12.3. The highest BCUT2D eigenvalue weighted by Gasteiger charge is 2.14. The van der Waals surface area contributed by atoms with Crippen molar-refractivity contribution in [2.24, 2.45) is 0 Å². The second kappa shape index (κ2) is 4.56. The fourth-order valence-corrected chi connectivity index (χ4v) is 1.51. The van der Waals surface area contributed by atoms with Gasteiger partial charge in [-0.2, -0.15) is 0 Å². The highest BCUT2D eigenvalue weighted by molar-refractivity contribution is 5.80. The summed E-state index contributed by atoms with van der Waals surface area (Å²) < 4.78 is 0. The van der Waals surface area contributed by atoms with Crippen LogP contribution in [0.15, 0.2) is 18.2 Å². The summed E-state index contributed by atoms with van der Waals surface area (Å²) in [5.74, 6) is 0.00283. The van der Waals surface area contributed by atoms with Crippen LogP contribution in [0.4, 0.5) is 5.69 Å². The lowest BCUT2D eigenvalue weighted by molar-refractivity contribution is -0.121. The molecule has 0 radical (unpaired) electrons. The third kappa shape index (κ3) is 3.93. The van der Waals surface area contributed by atoms with Crippen molar-refractivity contribution in [3.63, 3.8) is 0 Å². The monoisotopic (exact) mass is 220 g/mol. The Morgan fingerprint density at radius 2 is 2.00 bits per heavy atom. The van der Waals surface area contributed by atoms with Gasteiger partial charge < -0.3 is 11.1 Å². The minimum Gasteiger partial charge on any atom is -0.398 e. The standard InChI is InChI=1S/C13H20N2O/c1-9-5-6-10(11(14)7-9)8-12(16)15-13(2,3)4/h5-7H,8,14H2,1-4H3,(H,15,16). The lowest BCUT2D eigenvalue weighted by atomic mass is 10.0. The Morgan fingerprint density at radius 3 is 2.50 bits per heavy atom. The van der Waals surface area contributed by atoms with Crippen LogP contribution in [0.3, 0.4) is 0 Å². The van der Waals surface area contributed by atoms with Crippen molar-refractivity contribution in [3.8, 4) is 0 Å². The first-order valence-corrected chi connectivity index (χ1v) is 5.44. The van der Waals surface area contributed by atoms with Crippen molar-refractivity contribution >= 4 is 11.6 Å². The lowest BCUT2D eigenvalue weighted by Crippen LogP contribution is -2.41. The molecule has 0 aliphatic rings. The molecular formula is C13H20N2O. The number of nitrogen functional groups attached to an aromatic ring is 1. The van der Waals surface area contributed by atoms with E-state index in [9.17, 15) is 4.79 Å². The fraction of sp³-hybridized carbons (Fsp3) is 0.462. The van der Waals surface area contributed by atoms with Crippen molar-refractivity contribution < 1.29 is 4.79 Å². The summed E-state index contributed by atoms with van der Waals surface area (Å²) in [5, 5.41) is 2.91. The first-order valence-electron chi connectivity index (χ1n) is 5.44. The van der Waals surface area contributed by atoms with E-state index in [1.807, 2.05) is 45.9 Å². The fourth-order valence-electron chi connectivity index (χ4n) is 1.51. The van der Waals surface area contributed by atoms with Crippen molar-refractivity contribution in [3.05, 3.63) is 29.3 Å². The van der Waals surface area contributed by atoms with Crippen LogP contribution in [0, 0.1) is 6.92 Å². The molecule has 0 aliphatic carbocycles. The molecule has 3 nitrogen and oxygen atoms in total. The summed E-state index contributed by atoms with van der Waals surface area (Å²) in [6.45, 7) is 7.87. The second-order valence-electron chi connectivity index (χ2n) is 5.18. The van der Waals surface area contributed by atoms with Gasteiger partial charge in [-0.05, 0) is 44.9 Å². The molecule has 16 heavy (non-hydrogen) atoms. The predicted molar refractivity (Wildman–Crippen MR) is 67.2 cm³/mol. The zero-order valence-corrected chi connectivity index (χ0v) is 10.4. The van der Waals surface area contributed by atoms with Crippen LogP contribution in [-0.2, 0) is 11.2 Å². The van der Waals surface area contributed by atoms with Gasteiger partial charge in [-0.3, -0.25) is 4.79 Å². The molecule has 0 saturated carbocycles. The third-order valence-corrected chi connectivity index (χ3v) is 2.17. The van der Waals surface area contributed by atoms with Gasteiger partial charge in [0.2, 0.25) is 5.91 Å². The predicted octanol–water partition coefficient (Wildman–Crippen LogP) is 2.03. The van der Waals surface area contributed by atoms with E-state index in [0.29, 0.717) is 12.1 Å². The van der Waals surface area contributed by atoms with E-state index in [4.69, 9.17) is 5.73 Å². The molecule has 0 unspecified atom stereocenters. The van der Waals surface area contributed by atoms with Gasteiger partial charge in [-0.1, -0.05) is 12.1 Å². The maximum absolute atomic E-state index is 11.7. The average Bonchev–Trinajstić information content (AvgIpc) is 2.06. The molecular weight excluding hydrogens is 200 g/mol. The molecule has 1 rings (SSSR count). The van der Waals surface area contributed by atoms with E-state index in [1.165, 1.54) is 0 Å². The maximum atomic E-state index is 11.7. The van der Waals surface area contributed by atoms with Crippen LogP contribution in [0.2, 0.25) is 0 Å². The molecule has 0 spiro atoms. The normalized spacial score (nSPS) is 11.2. The van der Waals surface area contributed by atoms with Crippen molar-refractivity contribution in [1.82, 2.24) is 5.32 Å². The number of rotatable bonds is 2. The molecule has 0 heterocycles. The van der Waals surface area contributed by atoms with Gasteiger partial charge in [-0.25, -0.2) is 0 Å². The highest BCUT2D eigenvalue weighted by Crippen LogP contribution is 2.14. The van der Waals surface area contributed by atoms with Crippen LogP contribution in [-0.4, -0.2) is 11.4 Å². The molecule has 3 heteroatoms. The SMILES string of the molecule is Cc1ccc(CC(=O)NC(C)(C)C)c(N)c1. The lowest BCUT2D eigenvalue weighted by Gasteiger charge is -2.20. The smallest absolute Gasteiger partial charge is 0.224 e. The minimum atomic E-state index is -0.198. The summed E-state index contributed by atoms with van der Waals surface area (Å²) in [5.41, 5.74) is 8.33. The Hall–Kier alpha value is -1.51. The van der Waals surface area contributed by atoms with E-state index >= 15 is 0 Å². The Labute approximate surface area is 97.0 Å². The quantitative estimate of drug-likeness (QED) is 0.749. The number of nitrogens with one attached hydrogen (secondary N) is 1. The zero-order valence-electron chi connectivity index (χ0n) is 10.4. The van der Waals surface area contributed by atoms with Gasteiger partial charge in [0.05, 0.1) is 6.42 Å². The molecule has 0 saturated heterocycles. The second-order valence-corrected chi connectivity index (χ2v) is 5.18. The Balaban J connectivity index is 2.70. The van der Waals surface area contributed by atoms with E-state index in [-0.39, 0.29) is 11.4 Å². The van der Waals surface area contributed by atoms with Gasteiger partial charge in [0, 0.05) is 11.2 Å². The molecule has 0 fully saturated rings. The van der Waals surface area contributed by atoms with E-state index in [1.54, 1.807) is 0 Å². The minimum absolute atomic E-state index is 0.00283. The van der Waals surface area contributed by atoms with Gasteiger partial charge in [0.15, 0.2) is 0 Å². The first-order chi connectivity index (χ1) is 7.28. The molecule has 0 atom stereocenters. The van der Waals surface area contributed by atoms with Crippen LogP contribution in [0.1, 0.15) is 31.9 Å². The molecule has 0 aromatic heterocycles. The molecule has 3 N–H and O–H groups in total. The third-order valence-electron chi connectivity index (χ3n) is 2.17. The first kappa shape index (κ1) is 12.6. The Kier molecular flexibility index (Phi) is 3.58. The summed E-state index contributed by atoms with van der Waals surface area (Å²) in [6, 6.07) is 5.77. The average molecular weight is 220 g/mol. The number of anilines is 1. The molecule has 1 amide bonds. The van der Waals surface area contributed by atoms with Crippen molar-refractivity contribution in [1.29, 1.82) is 0 Å². The van der Waals surface area contributed by atoms with Gasteiger partial charge in [-0.15, -0.1) is 0 Å². The topological polar surface area (TPSA) is 55.1 Å². The van der Waals surface area contributed by atoms with Crippen LogP contribution < -0.4 is 11.1 Å². The molecule has 0 aliphatic heterocycles. The maximum Gasteiger partial charge on any atom is 0.224 e. The highest BCUT2D eigenvalue weighted by atomic mass is 16.1. The summed E-state index contributed by atoms with van der Waals surface area (Å²) in [6.07, 6.45) is 0.337. The van der Waals surface area contributed by atoms with E-state index < -0.39 is 0 Å². The van der Waals surface area contributed by atoms with Crippen molar-refractivity contribution in [2.45, 2.75) is 39.7 Å². The van der Waals surface area contributed by atoms with Crippen LogP contribution in [0.5, 0.6) is 0 Å². The number of aryl methyl sites for hydroxylation is 1. The number of carbonyl (C=O) groups is 1. The van der Waals surface area contributed by atoms with Crippen LogP contribution in [0.25, 0.3) is 0 Å². The largest absolute Gasteiger partial charge is 0.398 e. The number of hydrogen-bond donors (Lipinski definition) is 2. The van der Waals surface area contributed by atoms with Crippen LogP contribution >= 0.6 is 0 Å². The Bertz CT molecular complexity index is 391. The molecule has 1 aromatic carbocycles. The molecule has 1 aromatic rings. The number of carbonyl (C=O) groups excluding carboxylic acids is 1. The van der Waals surface area contributed by atoms with Gasteiger partial charge in [0.1, 0.15) is 0 Å². The summed E-state index contributed by atoms with van der Waals surface area (Å²) in [4.78, 5) is 11.7. The van der Waals surface area contributed by atoms with E-state index in [2.05, 4.69) is 5.32 Å². The van der Waals surface area contributed by atoms with Crippen molar-refractivity contribution in [2.75, 3.05) is 5.73 Å². The van der Waals surface area contributed by atoms with Gasteiger partial charge >= 0.3 is 0 Å². The Morgan fingerprint density at radius 1 is 1.38 bits per heavy atom. The van der Waals surface area contributed by atoms with E-state index in [0.717, 1.165) is 11.1 Å². The summed E-state index contributed by atoms with van der Waals surface area (Å²) >= 11 is 0. The number of nitrogens with two attached hydrogens (primary N) is 1. The number of benzene rings is 1. The molecule has 88 valence electrons. The summed E-state index contributed by atoms with van der Waals surface area (Å²) in [7, 11) is 0. The number of hydrogen-bond acceptors (Lipinski definition) is 2.